The van der Waals surface area contributed by atoms with Gasteiger partial charge < -0.3 is 15.2 Å². The molecular weight excluding hydrogens is 246 g/mol. The molecular formula is C10H11NO5S. The number of esters is 1. The van der Waals surface area contributed by atoms with E-state index in [1.807, 2.05) is 0 Å². The average molecular weight is 257 g/mol. The van der Waals surface area contributed by atoms with Crippen LogP contribution < -0.4 is 5.32 Å². The second kappa shape index (κ2) is 6.00. The van der Waals surface area contributed by atoms with Crippen LogP contribution in [0.15, 0.2) is 11.4 Å². The van der Waals surface area contributed by atoms with Crippen molar-refractivity contribution in [2.24, 2.45) is 0 Å². The van der Waals surface area contributed by atoms with Gasteiger partial charge in [-0.2, -0.15) is 0 Å². The lowest BCUT2D eigenvalue weighted by Gasteiger charge is -2.04. The highest BCUT2D eigenvalue weighted by Gasteiger charge is 2.16. The fourth-order valence-corrected chi connectivity index (χ4v) is 1.88. The average Bonchev–Trinajstić information content (AvgIpc) is 2.64. The van der Waals surface area contributed by atoms with Crippen LogP contribution in [0, 0.1) is 0 Å². The summed E-state index contributed by atoms with van der Waals surface area (Å²) >= 11 is 1.13. The van der Waals surface area contributed by atoms with Gasteiger partial charge in [-0.1, -0.05) is 0 Å². The largest absolute Gasteiger partial charge is 0.481 e. The highest BCUT2D eigenvalue weighted by atomic mass is 32.1. The van der Waals surface area contributed by atoms with E-state index >= 15 is 0 Å². The van der Waals surface area contributed by atoms with Crippen molar-refractivity contribution in [3.63, 3.8) is 0 Å². The first kappa shape index (κ1) is 13.2. The molecule has 0 aliphatic heterocycles. The second-order valence-electron chi connectivity index (χ2n) is 3.00. The maximum absolute atomic E-state index is 11.4. The number of carboxylic acid groups (broad SMARTS) is 1. The minimum Gasteiger partial charge on any atom is -0.481 e. The lowest BCUT2D eigenvalue weighted by Crippen LogP contribution is -2.17. The molecule has 0 atom stereocenters. The van der Waals surface area contributed by atoms with Crippen molar-refractivity contribution < 1.29 is 24.2 Å². The number of nitrogens with one attached hydrogen (secondary N) is 1. The Morgan fingerprint density at radius 1 is 1.47 bits per heavy atom. The van der Waals surface area contributed by atoms with E-state index in [0.29, 0.717) is 5.00 Å². The van der Waals surface area contributed by atoms with Gasteiger partial charge >= 0.3 is 11.9 Å². The summed E-state index contributed by atoms with van der Waals surface area (Å²) in [6.45, 7) is 1.91. The standard InChI is InChI=1S/C10H11NO5S/c1-2-16-10(15)6-3-4-17-9(6)11-7(12)5-8(13)14/h3-4H,2,5H2,1H3,(H,11,12)(H,13,14). The smallest absolute Gasteiger partial charge is 0.341 e. The molecule has 0 saturated heterocycles. The number of ether oxygens (including phenoxy) is 1. The van der Waals surface area contributed by atoms with E-state index < -0.39 is 24.3 Å². The normalized spacial score (nSPS) is 9.71. The first-order valence-corrected chi connectivity index (χ1v) is 5.68. The minimum absolute atomic E-state index is 0.232. The van der Waals surface area contributed by atoms with Crippen LogP contribution in [0.25, 0.3) is 0 Å². The third-order valence-electron chi connectivity index (χ3n) is 1.73. The van der Waals surface area contributed by atoms with Gasteiger partial charge in [0.1, 0.15) is 11.4 Å². The fraction of sp³-hybridized carbons (Fsp3) is 0.300. The Morgan fingerprint density at radius 2 is 2.18 bits per heavy atom. The van der Waals surface area contributed by atoms with Crippen molar-refractivity contribution in [1.82, 2.24) is 0 Å². The Labute approximate surface area is 101 Å². The van der Waals surface area contributed by atoms with Crippen molar-refractivity contribution >= 4 is 34.2 Å². The molecule has 2 N–H and O–H groups in total. The monoisotopic (exact) mass is 257 g/mol. The molecule has 0 aliphatic carbocycles. The molecule has 6 nitrogen and oxygen atoms in total. The molecule has 0 saturated carbocycles. The van der Waals surface area contributed by atoms with Crippen molar-refractivity contribution in [2.75, 3.05) is 11.9 Å². The van der Waals surface area contributed by atoms with E-state index in [2.05, 4.69) is 5.32 Å². The van der Waals surface area contributed by atoms with Gasteiger partial charge in [0.2, 0.25) is 5.91 Å². The van der Waals surface area contributed by atoms with Crippen LogP contribution in [-0.2, 0) is 14.3 Å². The van der Waals surface area contributed by atoms with Gasteiger partial charge in [-0.25, -0.2) is 4.79 Å². The highest BCUT2D eigenvalue weighted by molar-refractivity contribution is 7.14. The molecule has 1 aromatic rings. The lowest BCUT2D eigenvalue weighted by atomic mass is 10.3. The first-order chi connectivity index (χ1) is 8.04. The van der Waals surface area contributed by atoms with Crippen LogP contribution in [0.3, 0.4) is 0 Å². The molecule has 1 aromatic heterocycles. The predicted octanol–water partition coefficient (Wildman–Crippen LogP) is 1.34. The zero-order valence-electron chi connectivity index (χ0n) is 9.06. The highest BCUT2D eigenvalue weighted by Crippen LogP contribution is 2.24. The maximum Gasteiger partial charge on any atom is 0.341 e. The van der Waals surface area contributed by atoms with Crippen LogP contribution >= 0.6 is 11.3 Å². The van der Waals surface area contributed by atoms with Crippen LogP contribution in [0.5, 0.6) is 0 Å². The third-order valence-corrected chi connectivity index (χ3v) is 2.56. The summed E-state index contributed by atoms with van der Waals surface area (Å²) in [6.07, 6.45) is -0.639. The molecule has 0 radical (unpaired) electrons. The SMILES string of the molecule is CCOC(=O)c1ccsc1NC(=O)CC(=O)O. The summed E-state index contributed by atoms with van der Waals surface area (Å²) in [5.74, 6) is -2.44. The number of thiophene rings is 1. The molecule has 1 amide bonds. The Bertz CT molecular complexity index is 440. The number of hydrogen-bond donors (Lipinski definition) is 2. The molecule has 0 fully saturated rings. The van der Waals surface area contributed by atoms with Crippen LogP contribution in [-0.4, -0.2) is 29.6 Å². The number of amides is 1. The molecule has 0 aliphatic rings. The summed E-state index contributed by atoms with van der Waals surface area (Å²) in [4.78, 5) is 33.0. The number of hydrogen-bond acceptors (Lipinski definition) is 5. The van der Waals surface area contributed by atoms with Crippen LogP contribution in [0.4, 0.5) is 5.00 Å². The summed E-state index contributed by atoms with van der Waals surface area (Å²) in [6, 6.07) is 1.51. The Kier molecular flexibility index (Phi) is 4.65. The van der Waals surface area contributed by atoms with Gasteiger partial charge in [0, 0.05) is 0 Å². The summed E-state index contributed by atoms with van der Waals surface area (Å²) in [7, 11) is 0. The molecule has 7 heteroatoms. The zero-order valence-corrected chi connectivity index (χ0v) is 9.87. The van der Waals surface area contributed by atoms with Crippen molar-refractivity contribution in [2.45, 2.75) is 13.3 Å². The zero-order chi connectivity index (χ0) is 12.8. The number of anilines is 1. The Hall–Kier alpha value is -1.89. The molecule has 17 heavy (non-hydrogen) atoms. The van der Waals surface area contributed by atoms with Crippen LogP contribution in [0.2, 0.25) is 0 Å². The molecule has 0 unspecified atom stereocenters. The summed E-state index contributed by atoms with van der Waals surface area (Å²) in [5.41, 5.74) is 0.232. The van der Waals surface area contributed by atoms with E-state index in [4.69, 9.17) is 9.84 Å². The second-order valence-corrected chi connectivity index (χ2v) is 3.92. The number of aliphatic carboxylic acids is 1. The topological polar surface area (TPSA) is 92.7 Å². The van der Waals surface area contributed by atoms with Crippen molar-refractivity contribution in [3.05, 3.63) is 17.0 Å². The Balaban J connectivity index is 2.72. The minimum atomic E-state index is -1.23. The van der Waals surface area contributed by atoms with Gasteiger partial charge in [-0.3, -0.25) is 9.59 Å². The number of carbonyl (C=O) groups excluding carboxylic acids is 2. The van der Waals surface area contributed by atoms with Gasteiger partial charge in [0.15, 0.2) is 0 Å². The molecule has 1 heterocycles. The predicted molar refractivity (Wildman–Crippen MR) is 61.2 cm³/mol. The van der Waals surface area contributed by atoms with Crippen LogP contribution in [0.1, 0.15) is 23.7 Å². The quantitative estimate of drug-likeness (QED) is 0.613. The first-order valence-electron chi connectivity index (χ1n) is 4.80. The van der Waals surface area contributed by atoms with E-state index in [1.165, 1.54) is 6.07 Å². The molecule has 0 aromatic carbocycles. The van der Waals surface area contributed by atoms with Gasteiger partial charge in [0.25, 0.3) is 0 Å². The van der Waals surface area contributed by atoms with Gasteiger partial charge in [-0.05, 0) is 18.4 Å². The number of carbonyl (C=O) groups is 3. The molecule has 0 bridgehead atoms. The van der Waals surface area contributed by atoms with E-state index in [1.54, 1.807) is 12.3 Å². The van der Waals surface area contributed by atoms with Gasteiger partial charge in [0.05, 0.1) is 12.2 Å². The van der Waals surface area contributed by atoms with Crippen molar-refractivity contribution in [3.8, 4) is 0 Å². The fourth-order valence-electron chi connectivity index (χ4n) is 1.08. The summed E-state index contributed by atoms with van der Waals surface area (Å²) < 4.78 is 4.79. The maximum atomic E-state index is 11.4. The molecule has 92 valence electrons. The van der Waals surface area contributed by atoms with E-state index in [0.717, 1.165) is 11.3 Å². The van der Waals surface area contributed by atoms with Crippen molar-refractivity contribution in [1.29, 1.82) is 0 Å². The lowest BCUT2D eigenvalue weighted by molar-refractivity contribution is -0.139. The molecule has 1 rings (SSSR count). The number of rotatable bonds is 5. The molecule has 0 spiro atoms. The van der Waals surface area contributed by atoms with E-state index in [-0.39, 0.29) is 12.2 Å². The van der Waals surface area contributed by atoms with Gasteiger partial charge in [-0.15, -0.1) is 11.3 Å². The number of carboxylic acids is 1. The third kappa shape index (κ3) is 3.87. The Morgan fingerprint density at radius 3 is 2.76 bits per heavy atom. The van der Waals surface area contributed by atoms with E-state index in [9.17, 15) is 14.4 Å². The summed E-state index contributed by atoms with van der Waals surface area (Å²) in [5, 5.41) is 12.7.